The largest absolute Gasteiger partial charge is 0.496 e. The number of methoxy groups -OCH3 is 1. The molecular formula is C22H31N5O2. The number of para-hydroxylation sites is 1. The Morgan fingerprint density at radius 1 is 1.24 bits per heavy atom. The quantitative estimate of drug-likeness (QED) is 0.773. The number of nitrogens with one attached hydrogen (secondary N) is 1. The van der Waals surface area contributed by atoms with E-state index in [4.69, 9.17) is 9.72 Å². The van der Waals surface area contributed by atoms with Gasteiger partial charge in [-0.05, 0) is 25.5 Å². The predicted molar refractivity (Wildman–Crippen MR) is 114 cm³/mol. The topological polar surface area (TPSA) is 70.6 Å². The summed E-state index contributed by atoms with van der Waals surface area (Å²) in [4.78, 5) is 25.9. The molecule has 2 aromatic rings. The molecule has 1 atom stereocenters. The Bertz CT molecular complexity index is 834. The highest BCUT2D eigenvalue weighted by molar-refractivity contribution is 5.79. The van der Waals surface area contributed by atoms with Crippen molar-refractivity contribution in [1.29, 1.82) is 0 Å². The summed E-state index contributed by atoms with van der Waals surface area (Å²) >= 11 is 0. The molecule has 7 heteroatoms. The first-order valence-corrected chi connectivity index (χ1v) is 10.1. The fourth-order valence-corrected chi connectivity index (χ4v) is 3.56. The molecule has 29 heavy (non-hydrogen) atoms. The predicted octanol–water partition coefficient (Wildman–Crippen LogP) is 2.22. The van der Waals surface area contributed by atoms with Crippen LogP contribution in [0.15, 0.2) is 30.3 Å². The number of benzene rings is 1. The highest BCUT2D eigenvalue weighted by Gasteiger charge is 2.20. The van der Waals surface area contributed by atoms with Gasteiger partial charge in [-0.3, -0.25) is 4.79 Å². The van der Waals surface area contributed by atoms with Gasteiger partial charge in [-0.15, -0.1) is 0 Å². The van der Waals surface area contributed by atoms with Gasteiger partial charge in [-0.25, -0.2) is 9.97 Å². The van der Waals surface area contributed by atoms with Gasteiger partial charge in [0.15, 0.2) is 0 Å². The highest BCUT2D eigenvalue weighted by atomic mass is 16.5. The van der Waals surface area contributed by atoms with Gasteiger partial charge < -0.3 is 19.9 Å². The van der Waals surface area contributed by atoms with Crippen molar-refractivity contribution in [3.05, 3.63) is 47.4 Å². The van der Waals surface area contributed by atoms with E-state index >= 15 is 0 Å². The molecule has 1 saturated heterocycles. The van der Waals surface area contributed by atoms with Gasteiger partial charge in [0.25, 0.3) is 0 Å². The summed E-state index contributed by atoms with van der Waals surface area (Å²) in [6.45, 7) is 2.38. The minimum absolute atomic E-state index is 0.00855. The molecule has 1 aliphatic rings. The molecule has 7 nitrogen and oxygen atoms in total. The maximum atomic E-state index is 12.8. The second-order valence-corrected chi connectivity index (χ2v) is 7.74. The number of carbonyl (C=O) groups excluding carboxylic acids is 1. The maximum absolute atomic E-state index is 12.8. The molecule has 0 unspecified atom stereocenters. The number of rotatable bonds is 7. The van der Waals surface area contributed by atoms with Crippen LogP contribution in [-0.2, 0) is 17.8 Å². The zero-order valence-electron chi connectivity index (χ0n) is 17.8. The van der Waals surface area contributed by atoms with Crippen LogP contribution in [0.25, 0.3) is 0 Å². The first kappa shape index (κ1) is 21.0. The van der Waals surface area contributed by atoms with E-state index in [1.807, 2.05) is 43.3 Å². The van der Waals surface area contributed by atoms with Crippen molar-refractivity contribution in [3.63, 3.8) is 0 Å². The number of likely N-dealkylation sites (N-methyl/N-ethyl adjacent to an activating group) is 1. The van der Waals surface area contributed by atoms with Gasteiger partial charge in [0.05, 0.1) is 25.8 Å². The van der Waals surface area contributed by atoms with Crippen molar-refractivity contribution in [2.45, 2.75) is 31.7 Å². The van der Waals surface area contributed by atoms with E-state index in [1.165, 1.54) is 0 Å². The summed E-state index contributed by atoms with van der Waals surface area (Å²) in [5.74, 6) is 2.68. The van der Waals surface area contributed by atoms with E-state index in [-0.39, 0.29) is 12.3 Å². The Balaban J connectivity index is 1.75. The van der Waals surface area contributed by atoms with E-state index in [0.717, 1.165) is 48.8 Å². The number of piperidine rings is 1. The molecule has 0 saturated carbocycles. The third-order valence-electron chi connectivity index (χ3n) is 5.29. The van der Waals surface area contributed by atoms with Crippen LogP contribution in [-0.4, -0.2) is 62.1 Å². The van der Waals surface area contributed by atoms with Crippen molar-refractivity contribution in [1.82, 2.24) is 20.2 Å². The van der Waals surface area contributed by atoms with E-state index in [1.54, 1.807) is 19.1 Å². The summed E-state index contributed by atoms with van der Waals surface area (Å²) in [5.41, 5.74) is 1.93. The number of hydrogen-bond acceptors (Lipinski definition) is 6. The van der Waals surface area contributed by atoms with Gasteiger partial charge in [-0.2, -0.15) is 0 Å². The summed E-state index contributed by atoms with van der Waals surface area (Å²) in [6.07, 6.45) is 2.56. The van der Waals surface area contributed by atoms with Gasteiger partial charge >= 0.3 is 0 Å². The van der Waals surface area contributed by atoms with Crippen LogP contribution in [0.4, 0.5) is 5.82 Å². The number of carbonyl (C=O) groups is 1. The van der Waals surface area contributed by atoms with Gasteiger partial charge in [-0.1, -0.05) is 18.2 Å². The molecule has 0 spiro atoms. The molecule has 1 aliphatic heterocycles. The maximum Gasteiger partial charge on any atom is 0.227 e. The standard InChI is InChI=1S/C22H31N5O2/c1-26(2)21-13-18(17-9-7-11-23-14-17)24-20(25-21)15-27(3)22(28)12-16-8-5-6-10-19(16)29-4/h5-6,8,10,13,17,23H,7,9,11-12,14-15H2,1-4H3/t17-/m1/s1. The van der Waals surface area contributed by atoms with Crippen LogP contribution in [0.3, 0.4) is 0 Å². The van der Waals surface area contributed by atoms with Crippen LogP contribution in [0.5, 0.6) is 5.75 Å². The second kappa shape index (κ2) is 9.69. The molecule has 1 aromatic carbocycles. The third kappa shape index (κ3) is 5.44. The zero-order valence-corrected chi connectivity index (χ0v) is 17.8. The number of aromatic nitrogens is 2. The molecule has 1 N–H and O–H groups in total. The lowest BCUT2D eigenvalue weighted by Crippen LogP contribution is -2.31. The minimum atomic E-state index is 0.00855. The van der Waals surface area contributed by atoms with E-state index in [2.05, 4.69) is 16.4 Å². The second-order valence-electron chi connectivity index (χ2n) is 7.74. The summed E-state index contributed by atoms with van der Waals surface area (Å²) in [6, 6.07) is 9.68. The monoisotopic (exact) mass is 397 g/mol. The lowest BCUT2D eigenvalue weighted by molar-refractivity contribution is -0.129. The van der Waals surface area contributed by atoms with Gasteiger partial charge in [0, 0.05) is 45.2 Å². The Hall–Kier alpha value is -2.67. The molecule has 0 radical (unpaired) electrons. The van der Waals surface area contributed by atoms with Crippen molar-refractivity contribution >= 4 is 11.7 Å². The molecule has 0 aliphatic carbocycles. The van der Waals surface area contributed by atoms with Crippen molar-refractivity contribution < 1.29 is 9.53 Å². The Morgan fingerprint density at radius 2 is 2.03 bits per heavy atom. The molecule has 3 rings (SSSR count). The summed E-state index contributed by atoms with van der Waals surface area (Å²) in [7, 11) is 7.37. The lowest BCUT2D eigenvalue weighted by atomic mass is 9.96. The molecule has 156 valence electrons. The number of amides is 1. The van der Waals surface area contributed by atoms with Crippen molar-refractivity contribution in [2.75, 3.05) is 46.2 Å². The fourth-order valence-electron chi connectivity index (χ4n) is 3.56. The molecule has 1 amide bonds. The Morgan fingerprint density at radius 3 is 2.72 bits per heavy atom. The average Bonchev–Trinajstić information content (AvgIpc) is 2.74. The third-order valence-corrected chi connectivity index (χ3v) is 5.29. The fraction of sp³-hybridized carbons (Fsp3) is 0.500. The Kier molecular flexibility index (Phi) is 7.04. The number of anilines is 1. The average molecular weight is 398 g/mol. The number of hydrogen-bond donors (Lipinski definition) is 1. The van der Waals surface area contributed by atoms with E-state index in [9.17, 15) is 4.79 Å². The molecule has 1 aromatic heterocycles. The van der Waals surface area contributed by atoms with Crippen LogP contribution in [0.2, 0.25) is 0 Å². The lowest BCUT2D eigenvalue weighted by Gasteiger charge is -2.25. The molecule has 0 bridgehead atoms. The molecular weight excluding hydrogens is 366 g/mol. The minimum Gasteiger partial charge on any atom is -0.496 e. The van der Waals surface area contributed by atoms with Crippen LogP contribution >= 0.6 is 0 Å². The smallest absolute Gasteiger partial charge is 0.227 e. The Labute approximate surface area is 173 Å². The highest BCUT2D eigenvalue weighted by Crippen LogP contribution is 2.24. The van der Waals surface area contributed by atoms with Crippen molar-refractivity contribution in [3.8, 4) is 5.75 Å². The molecule has 2 heterocycles. The van der Waals surface area contributed by atoms with Crippen LogP contribution in [0, 0.1) is 0 Å². The van der Waals surface area contributed by atoms with E-state index in [0.29, 0.717) is 18.3 Å². The summed E-state index contributed by atoms with van der Waals surface area (Å²) in [5, 5.41) is 3.45. The first-order valence-electron chi connectivity index (χ1n) is 10.1. The van der Waals surface area contributed by atoms with Crippen molar-refractivity contribution in [2.24, 2.45) is 0 Å². The normalized spacial score (nSPS) is 16.3. The number of nitrogens with zero attached hydrogens (tertiary/aromatic N) is 4. The van der Waals surface area contributed by atoms with Gasteiger partial charge in [0.2, 0.25) is 5.91 Å². The SMILES string of the molecule is COc1ccccc1CC(=O)N(C)Cc1nc([C@@H]2CCCNC2)cc(N(C)C)n1. The van der Waals surface area contributed by atoms with Crippen LogP contribution in [0.1, 0.15) is 35.8 Å². The zero-order chi connectivity index (χ0) is 20.8. The number of ether oxygens (including phenoxy) is 1. The van der Waals surface area contributed by atoms with Crippen LogP contribution < -0.4 is 15.0 Å². The van der Waals surface area contributed by atoms with Gasteiger partial charge in [0.1, 0.15) is 17.4 Å². The summed E-state index contributed by atoms with van der Waals surface area (Å²) < 4.78 is 5.36. The van der Waals surface area contributed by atoms with E-state index < -0.39 is 0 Å². The first-order chi connectivity index (χ1) is 14.0. The molecule has 1 fully saturated rings.